The van der Waals surface area contributed by atoms with Crippen LogP contribution in [0.1, 0.15) is 25.0 Å². The Balaban J connectivity index is 2.63. The van der Waals surface area contributed by atoms with Gasteiger partial charge in [0, 0.05) is 17.6 Å². The van der Waals surface area contributed by atoms with Gasteiger partial charge in [-0.05, 0) is 19.4 Å². The van der Waals surface area contributed by atoms with Crippen molar-refractivity contribution in [2.45, 2.75) is 25.9 Å². The van der Waals surface area contributed by atoms with E-state index in [0.29, 0.717) is 12.1 Å². The molecule has 0 amide bonds. The maximum absolute atomic E-state index is 9.10. The minimum atomic E-state index is -0.301. The van der Waals surface area contributed by atoms with Crippen molar-refractivity contribution in [3.8, 4) is 0 Å². The van der Waals surface area contributed by atoms with Crippen molar-refractivity contribution in [3.63, 3.8) is 0 Å². The number of hydrogen-bond donors (Lipinski definition) is 4. The minimum absolute atomic E-state index is 0.0786. The van der Waals surface area contributed by atoms with Crippen LogP contribution in [-0.2, 0) is 6.54 Å². The van der Waals surface area contributed by atoms with Gasteiger partial charge in [-0.3, -0.25) is 0 Å². The maximum atomic E-state index is 9.10. The second-order valence-electron chi connectivity index (χ2n) is 4.58. The van der Waals surface area contributed by atoms with Gasteiger partial charge < -0.3 is 21.4 Å². The second-order valence-corrected chi connectivity index (χ2v) is 4.58. The Labute approximate surface area is 101 Å². The fraction of sp³-hybridized carbons (Fsp3) is 0.417. The molecule has 0 aliphatic carbocycles. The van der Waals surface area contributed by atoms with Crippen molar-refractivity contribution >= 4 is 5.84 Å². The molecule has 1 aromatic rings. The summed E-state index contributed by atoms with van der Waals surface area (Å²) in [5, 5.41) is 23.8. The number of nitrogens with one attached hydrogen (secondary N) is 1. The molecule has 94 valence electrons. The lowest BCUT2D eigenvalue weighted by Crippen LogP contribution is -2.42. The number of amidine groups is 1. The Hall–Kier alpha value is -1.59. The molecule has 0 saturated heterocycles. The highest BCUT2D eigenvalue weighted by Crippen LogP contribution is 2.07. The van der Waals surface area contributed by atoms with Crippen LogP contribution in [0, 0.1) is 0 Å². The van der Waals surface area contributed by atoms with E-state index in [0.717, 1.165) is 5.56 Å². The number of rotatable bonds is 5. The van der Waals surface area contributed by atoms with Crippen molar-refractivity contribution in [3.05, 3.63) is 35.4 Å². The van der Waals surface area contributed by atoms with Crippen molar-refractivity contribution in [2.24, 2.45) is 10.9 Å². The molecular weight excluding hydrogens is 218 g/mol. The normalized spacial score (nSPS) is 12.8. The summed E-state index contributed by atoms with van der Waals surface area (Å²) in [6, 6.07) is 7.37. The SMILES string of the molecule is CC(C)(CO)NCc1ccc(C(N)=NO)cc1. The summed E-state index contributed by atoms with van der Waals surface area (Å²) in [6.07, 6.45) is 0. The largest absolute Gasteiger partial charge is 0.409 e. The first-order valence-corrected chi connectivity index (χ1v) is 5.41. The lowest BCUT2D eigenvalue weighted by Gasteiger charge is -2.23. The number of nitrogens with two attached hydrogens (primary N) is 1. The minimum Gasteiger partial charge on any atom is -0.409 e. The first-order chi connectivity index (χ1) is 7.98. The molecule has 0 heterocycles. The second kappa shape index (κ2) is 5.65. The average Bonchev–Trinajstić information content (AvgIpc) is 2.36. The molecule has 5 N–H and O–H groups in total. The van der Waals surface area contributed by atoms with Crippen LogP contribution in [0.4, 0.5) is 0 Å². The Morgan fingerprint density at radius 1 is 1.35 bits per heavy atom. The number of nitrogens with zero attached hydrogens (tertiary/aromatic N) is 1. The molecule has 0 aromatic heterocycles. The Kier molecular flexibility index (Phi) is 4.48. The van der Waals surface area contributed by atoms with Crippen molar-refractivity contribution in [1.82, 2.24) is 5.32 Å². The molecule has 0 atom stereocenters. The summed E-state index contributed by atoms with van der Waals surface area (Å²) in [4.78, 5) is 0. The molecule has 0 saturated carbocycles. The predicted octanol–water partition coefficient (Wildman–Crippen LogP) is 0.642. The van der Waals surface area contributed by atoms with Crippen LogP contribution in [0.3, 0.4) is 0 Å². The molecule has 5 heteroatoms. The number of hydrogen-bond acceptors (Lipinski definition) is 4. The highest BCUT2D eigenvalue weighted by Gasteiger charge is 2.14. The van der Waals surface area contributed by atoms with Gasteiger partial charge in [-0.2, -0.15) is 0 Å². The number of benzene rings is 1. The highest BCUT2D eigenvalue weighted by atomic mass is 16.4. The van der Waals surface area contributed by atoms with E-state index in [9.17, 15) is 0 Å². The monoisotopic (exact) mass is 237 g/mol. The Bertz CT molecular complexity index is 385. The van der Waals surface area contributed by atoms with E-state index in [1.165, 1.54) is 0 Å². The van der Waals surface area contributed by atoms with Crippen LogP contribution in [0.25, 0.3) is 0 Å². The molecule has 1 aromatic carbocycles. The molecular formula is C12H19N3O2. The molecule has 0 unspecified atom stereocenters. The fourth-order valence-electron chi connectivity index (χ4n) is 1.25. The van der Waals surface area contributed by atoms with Crippen molar-refractivity contribution in [2.75, 3.05) is 6.61 Å². The lowest BCUT2D eigenvalue weighted by atomic mass is 10.1. The van der Waals surface area contributed by atoms with E-state index >= 15 is 0 Å². The predicted molar refractivity (Wildman–Crippen MR) is 67.0 cm³/mol. The van der Waals surface area contributed by atoms with E-state index in [-0.39, 0.29) is 18.0 Å². The summed E-state index contributed by atoms with van der Waals surface area (Å²) in [6.45, 7) is 4.59. The van der Waals surface area contributed by atoms with E-state index in [2.05, 4.69) is 10.5 Å². The molecule has 0 spiro atoms. The Morgan fingerprint density at radius 2 is 1.94 bits per heavy atom. The number of aliphatic hydroxyl groups is 1. The van der Waals surface area contributed by atoms with E-state index in [4.69, 9.17) is 16.0 Å². The van der Waals surface area contributed by atoms with Gasteiger partial charge in [-0.1, -0.05) is 29.4 Å². The molecule has 17 heavy (non-hydrogen) atoms. The lowest BCUT2D eigenvalue weighted by molar-refractivity contribution is 0.187. The number of oxime groups is 1. The van der Waals surface area contributed by atoms with Crippen LogP contribution in [0.2, 0.25) is 0 Å². The Morgan fingerprint density at radius 3 is 2.41 bits per heavy atom. The third kappa shape index (κ3) is 4.05. The standard InChI is InChI=1S/C12H19N3O2/c1-12(2,8-16)14-7-9-3-5-10(6-4-9)11(13)15-17/h3-6,14,16-17H,7-8H2,1-2H3,(H2,13,15). The van der Waals surface area contributed by atoms with E-state index < -0.39 is 0 Å². The summed E-state index contributed by atoms with van der Waals surface area (Å²) in [7, 11) is 0. The quantitative estimate of drug-likeness (QED) is 0.262. The van der Waals surface area contributed by atoms with Crippen LogP contribution in [-0.4, -0.2) is 28.3 Å². The molecule has 0 fully saturated rings. The number of aliphatic hydroxyl groups excluding tert-OH is 1. The van der Waals surface area contributed by atoms with E-state index in [1.54, 1.807) is 12.1 Å². The van der Waals surface area contributed by atoms with Crippen LogP contribution in [0.15, 0.2) is 29.4 Å². The van der Waals surface area contributed by atoms with Gasteiger partial charge >= 0.3 is 0 Å². The van der Waals surface area contributed by atoms with Gasteiger partial charge in [-0.25, -0.2) is 0 Å². The molecule has 5 nitrogen and oxygen atoms in total. The zero-order valence-electron chi connectivity index (χ0n) is 10.1. The zero-order valence-corrected chi connectivity index (χ0v) is 10.1. The van der Waals surface area contributed by atoms with Gasteiger partial charge in [0.05, 0.1) is 6.61 Å². The van der Waals surface area contributed by atoms with Crippen LogP contribution < -0.4 is 11.1 Å². The fourth-order valence-corrected chi connectivity index (χ4v) is 1.25. The smallest absolute Gasteiger partial charge is 0.170 e. The van der Waals surface area contributed by atoms with Crippen LogP contribution >= 0.6 is 0 Å². The molecule has 0 radical (unpaired) electrons. The third-order valence-electron chi connectivity index (χ3n) is 2.52. The summed E-state index contributed by atoms with van der Waals surface area (Å²) >= 11 is 0. The molecule has 1 rings (SSSR count). The summed E-state index contributed by atoms with van der Waals surface area (Å²) in [5.74, 6) is 0.0974. The maximum Gasteiger partial charge on any atom is 0.170 e. The van der Waals surface area contributed by atoms with Gasteiger partial charge in [0.15, 0.2) is 5.84 Å². The van der Waals surface area contributed by atoms with Gasteiger partial charge in [-0.15, -0.1) is 0 Å². The van der Waals surface area contributed by atoms with Gasteiger partial charge in [0.25, 0.3) is 0 Å². The van der Waals surface area contributed by atoms with Crippen LogP contribution in [0.5, 0.6) is 0 Å². The van der Waals surface area contributed by atoms with Crippen molar-refractivity contribution in [1.29, 1.82) is 0 Å². The molecule has 0 bridgehead atoms. The molecule has 0 aliphatic heterocycles. The summed E-state index contributed by atoms with van der Waals surface area (Å²) < 4.78 is 0. The van der Waals surface area contributed by atoms with Gasteiger partial charge in [0.1, 0.15) is 0 Å². The first kappa shape index (κ1) is 13.5. The summed E-state index contributed by atoms with van der Waals surface area (Å²) in [5.41, 5.74) is 6.91. The topological polar surface area (TPSA) is 90.9 Å². The third-order valence-corrected chi connectivity index (χ3v) is 2.52. The highest BCUT2D eigenvalue weighted by molar-refractivity contribution is 5.96. The molecule has 0 aliphatic rings. The average molecular weight is 237 g/mol. The first-order valence-electron chi connectivity index (χ1n) is 5.41. The van der Waals surface area contributed by atoms with Gasteiger partial charge in [0.2, 0.25) is 0 Å². The zero-order chi connectivity index (χ0) is 12.9. The van der Waals surface area contributed by atoms with Crippen molar-refractivity contribution < 1.29 is 10.3 Å². The van der Waals surface area contributed by atoms with E-state index in [1.807, 2.05) is 26.0 Å².